The average Bonchev–Trinajstić information content (AvgIpc) is 2.12. The average molecular weight is 230 g/mol. The van der Waals surface area contributed by atoms with Gasteiger partial charge in [0.1, 0.15) is 0 Å². The van der Waals surface area contributed by atoms with Gasteiger partial charge in [0, 0.05) is 0 Å². The zero-order valence-electron chi connectivity index (χ0n) is 9.98. The summed E-state index contributed by atoms with van der Waals surface area (Å²) in [6.45, 7) is 0. The molecule has 0 atom stereocenters. The van der Waals surface area contributed by atoms with Crippen molar-refractivity contribution in [2.24, 2.45) is 0 Å². The smallest absolute Gasteiger partial charge is 0.314 e. The molecule has 0 bridgehead atoms. The highest BCUT2D eigenvalue weighted by Crippen LogP contribution is 2.45. The first-order valence-corrected chi connectivity index (χ1v) is 6.56. The van der Waals surface area contributed by atoms with E-state index >= 15 is 0 Å². The van der Waals surface area contributed by atoms with Crippen molar-refractivity contribution in [3.05, 3.63) is 35.4 Å². The summed E-state index contributed by atoms with van der Waals surface area (Å²) in [6, 6.07) is 8.33. The fraction of sp³-hybridized carbons (Fsp3) is 0.533. The third kappa shape index (κ3) is 1.58. The summed E-state index contributed by atoms with van der Waals surface area (Å²) in [5, 5.41) is 9.44. The lowest BCUT2D eigenvalue weighted by Gasteiger charge is -2.39. The highest BCUT2D eigenvalue weighted by Gasteiger charge is 2.46. The van der Waals surface area contributed by atoms with E-state index in [9.17, 15) is 9.90 Å². The molecule has 0 radical (unpaired) electrons. The van der Waals surface area contributed by atoms with Crippen LogP contribution < -0.4 is 0 Å². The van der Waals surface area contributed by atoms with Crippen LogP contribution >= 0.6 is 0 Å². The topological polar surface area (TPSA) is 37.3 Å². The summed E-state index contributed by atoms with van der Waals surface area (Å²) in [5.41, 5.74) is 1.81. The van der Waals surface area contributed by atoms with Crippen LogP contribution in [-0.4, -0.2) is 11.1 Å². The van der Waals surface area contributed by atoms with Crippen molar-refractivity contribution >= 4 is 5.97 Å². The molecule has 0 saturated heterocycles. The molecular formula is C15H18O2. The molecule has 2 fully saturated rings. The largest absolute Gasteiger partial charge is 0.481 e. The van der Waals surface area contributed by atoms with Crippen LogP contribution in [0.5, 0.6) is 0 Å². The molecule has 2 aliphatic carbocycles. The second kappa shape index (κ2) is 3.86. The maximum atomic E-state index is 11.5. The van der Waals surface area contributed by atoms with Gasteiger partial charge < -0.3 is 5.11 Å². The molecular weight excluding hydrogens is 212 g/mol. The lowest BCUT2D eigenvalue weighted by molar-refractivity contribution is -0.147. The minimum absolute atomic E-state index is 0.570. The summed E-state index contributed by atoms with van der Waals surface area (Å²) < 4.78 is 0. The van der Waals surface area contributed by atoms with Crippen LogP contribution in [0.2, 0.25) is 0 Å². The Kier molecular flexibility index (Phi) is 2.46. The van der Waals surface area contributed by atoms with Crippen molar-refractivity contribution in [2.45, 2.75) is 49.9 Å². The first kappa shape index (κ1) is 10.8. The molecule has 3 rings (SSSR count). The lowest BCUT2D eigenvalue weighted by atomic mass is 9.64. The Bertz CT molecular complexity index is 442. The van der Waals surface area contributed by atoms with Gasteiger partial charge in [-0.25, -0.2) is 0 Å². The van der Waals surface area contributed by atoms with E-state index in [0.717, 1.165) is 24.8 Å². The van der Waals surface area contributed by atoms with Gasteiger partial charge in [0.15, 0.2) is 0 Å². The van der Waals surface area contributed by atoms with Gasteiger partial charge in [-0.2, -0.15) is 0 Å². The summed E-state index contributed by atoms with van der Waals surface area (Å²) in [6.07, 6.45) is 6.50. The molecule has 1 aromatic rings. The highest BCUT2D eigenvalue weighted by molar-refractivity contribution is 5.82. The van der Waals surface area contributed by atoms with Crippen LogP contribution in [0.3, 0.4) is 0 Å². The van der Waals surface area contributed by atoms with Crippen LogP contribution in [0.15, 0.2) is 24.3 Å². The molecule has 17 heavy (non-hydrogen) atoms. The van der Waals surface area contributed by atoms with Gasteiger partial charge in [-0.1, -0.05) is 37.1 Å². The Balaban J connectivity index is 1.94. The Morgan fingerprint density at radius 3 is 2.47 bits per heavy atom. The zero-order valence-corrected chi connectivity index (χ0v) is 9.98. The molecule has 0 aliphatic heterocycles. The Labute approximate surface area is 102 Å². The van der Waals surface area contributed by atoms with E-state index in [-0.39, 0.29) is 0 Å². The van der Waals surface area contributed by atoms with E-state index < -0.39 is 11.4 Å². The molecule has 0 spiro atoms. The van der Waals surface area contributed by atoms with Gasteiger partial charge in [-0.3, -0.25) is 4.79 Å². The van der Waals surface area contributed by atoms with Gasteiger partial charge in [0.05, 0.1) is 5.41 Å². The van der Waals surface area contributed by atoms with Crippen molar-refractivity contribution in [1.29, 1.82) is 0 Å². The molecule has 0 aromatic heterocycles. The van der Waals surface area contributed by atoms with Crippen LogP contribution in [0.1, 0.15) is 55.6 Å². The minimum Gasteiger partial charge on any atom is -0.481 e. The van der Waals surface area contributed by atoms with E-state index in [1.165, 1.54) is 24.8 Å². The van der Waals surface area contributed by atoms with Crippen molar-refractivity contribution in [3.63, 3.8) is 0 Å². The summed E-state index contributed by atoms with van der Waals surface area (Å²) in [4.78, 5) is 11.5. The number of hydrogen-bond acceptors (Lipinski definition) is 1. The van der Waals surface area contributed by atoms with E-state index in [1.54, 1.807) is 0 Å². The summed E-state index contributed by atoms with van der Waals surface area (Å²) in [5.74, 6) is 0.0374. The van der Waals surface area contributed by atoms with E-state index in [4.69, 9.17) is 0 Å². The molecule has 0 amide bonds. The predicted molar refractivity (Wildman–Crippen MR) is 66.2 cm³/mol. The fourth-order valence-corrected chi connectivity index (χ4v) is 2.99. The molecule has 2 heteroatoms. The number of hydrogen-bond donors (Lipinski definition) is 1. The maximum Gasteiger partial charge on any atom is 0.314 e. The SMILES string of the molecule is O=C(O)C1(c2cccc(C3CCC3)c2)CCC1. The number of carboxylic acid groups (broad SMARTS) is 1. The first-order chi connectivity index (χ1) is 8.22. The number of rotatable bonds is 3. The van der Waals surface area contributed by atoms with Crippen LogP contribution in [0.25, 0.3) is 0 Å². The van der Waals surface area contributed by atoms with Crippen molar-refractivity contribution in [3.8, 4) is 0 Å². The van der Waals surface area contributed by atoms with Crippen molar-refractivity contribution in [2.75, 3.05) is 0 Å². The van der Waals surface area contributed by atoms with E-state index in [0.29, 0.717) is 5.92 Å². The second-order valence-electron chi connectivity index (χ2n) is 5.49. The molecule has 2 aliphatic rings. The number of benzene rings is 1. The maximum absolute atomic E-state index is 11.5. The number of aliphatic carboxylic acids is 1. The standard InChI is InChI=1S/C15H18O2/c16-14(17)15(8-3-9-15)13-7-2-6-12(10-13)11-4-1-5-11/h2,6-7,10-11H,1,3-5,8-9H2,(H,16,17). The van der Waals surface area contributed by atoms with Gasteiger partial charge in [-0.15, -0.1) is 0 Å². The van der Waals surface area contributed by atoms with Gasteiger partial charge in [-0.05, 0) is 42.7 Å². The van der Waals surface area contributed by atoms with Crippen LogP contribution in [0, 0.1) is 0 Å². The Hall–Kier alpha value is -1.31. The minimum atomic E-state index is -0.644. The van der Waals surface area contributed by atoms with E-state index in [1.807, 2.05) is 12.1 Å². The quantitative estimate of drug-likeness (QED) is 0.863. The lowest BCUT2D eigenvalue weighted by Crippen LogP contribution is -2.42. The van der Waals surface area contributed by atoms with Gasteiger partial charge in [0.25, 0.3) is 0 Å². The molecule has 1 aromatic carbocycles. The predicted octanol–water partition coefficient (Wildman–Crippen LogP) is 3.46. The first-order valence-electron chi connectivity index (χ1n) is 6.56. The molecule has 90 valence electrons. The van der Waals surface area contributed by atoms with Gasteiger partial charge in [0.2, 0.25) is 0 Å². The van der Waals surface area contributed by atoms with Crippen LogP contribution in [-0.2, 0) is 10.2 Å². The summed E-state index contributed by atoms with van der Waals surface area (Å²) >= 11 is 0. The normalized spacial score (nSPS) is 22.6. The van der Waals surface area contributed by atoms with E-state index in [2.05, 4.69) is 12.1 Å². The second-order valence-corrected chi connectivity index (χ2v) is 5.49. The Morgan fingerprint density at radius 2 is 2.00 bits per heavy atom. The molecule has 1 N–H and O–H groups in total. The molecule has 0 heterocycles. The Morgan fingerprint density at radius 1 is 1.24 bits per heavy atom. The monoisotopic (exact) mass is 230 g/mol. The molecule has 2 saturated carbocycles. The third-order valence-electron chi connectivity index (χ3n) is 4.63. The van der Waals surface area contributed by atoms with Crippen molar-refractivity contribution < 1.29 is 9.90 Å². The number of carboxylic acids is 1. The molecule has 2 nitrogen and oxygen atoms in total. The zero-order chi connectivity index (χ0) is 11.9. The van der Waals surface area contributed by atoms with Crippen LogP contribution in [0.4, 0.5) is 0 Å². The van der Waals surface area contributed by atoms with Crippen molar-refractivity contribution in [1.82, 2.24) is 0 Å². The third-order valence-corrected chi connectivity index (χ3v) is 4.63. The molecule has 0 unspecified atom stereocenters. The number of carbonyl (C=O) groups is 1. The summed E-state index contributed by atoms with van der Waals surface area (Å²) in [7, 11) is 0. The van der Waals surface area contributed by atoms with Gasteiger partial charge >= 0.3 is 5.97 Å². The highest BCUT2D eigenvalue weighted by atomic mass is 16.4. The fourth-order valence-electron chi connectivity index (χ4n) is 2.99.